The molecule has 0 fully saturated rings. The van der Waals surface area contributed by atoms with Crippen molar-refractivity contribution in [3.8, 4) is 5.75 Å². The van der Waals surface area contributed by atoms with Gasteiger partial charge in [-0.05, 0) is 18.6 Å². The van der Waals surface area contributed by atoms with E-state index in [0.29, 0.717) is 5.75 Å². The monoisotopic (exact) mass is 237 g/mol. The average Bonchev–Trinajstić information content (AvgIpc) is 2.26. The number of benzene rings is 1. The zero-order valence-electron chi connectivity index (χ0n) is 10.1. The number of hydrogen-bond acceptors (Lipinski definition) is 4. The number of nitrogens with zero attached hydrogens (tertiary/aromatic N) is 1. The summed E-state index contributed by atoms with van der Waals surface area (Å²) < 4.78 is 5.30. The highest BCUT2D eigenvalue weighted by Crippen LogP contribution is 2.24. The lowest BCUT2D eigenvalue weighted by atomic mass is 10.1. The molecule has 0 bridgehead atoms. The number of ketones is 1. The number of Topliss-reactive ketones (excluding diaryl/α,β-unsaturated/α-hetero) is 1. The van der Waals surface area contributed by atoms with Gasteiger partial charge in [0.1, 0.15) is 12.4 Å². The Morgan fingerprint density at radius 2 is 2.12 bits per heavy atom. The van der Waals surface area contributed by atoms with E-state index in [-0.39, 0.29) is 24.0 Å². The second kappa shape index (κ2) is 5.43. The summed E-state index contributed by atoms with van der Waals surface area (Å²) >= 11 is 0. The first-order chi connectivity index (χ1) is 7.91. The number of rotatable bonds is 5. The minimum Gasteiger partial charge on any atom is -0.485 e. The number of hydrogen-bond donors (Lipinski definition) is 0. The fourth-order valence-electron chi connectivity index (χ4n) is 1.17. The van der Waals surface area contributed by atoms with Crippen LogP contribution in [-0.4, -0.2) is 17.3 Å². The van der Waals surface area contributed by atoms with Crippen molar-refractivity contribution in [3.05, 3.63) is 33.9 Å². The van der Waals surface area contributed by atoms with E-state index in [9.17, 15) is 14.9 Å². The summed E-state index contributed by atoms with van der Waals surface area (Å²) in [6.45, 7) is 5.29. The number of nitro benzene ring substituents is 1. The van der Waals surface area contributed by atoms with E-state index in [4.69, 9.17) is 4.74 Å². The van der Waals surface area contributed by atoms with Crippen LogP contribution in [0.4, 0.5) is 5.69 Å². The molecule has 5 nitrogen and oxygen atoms in total. The summed E-state index contributed by atoms with van der Waals surface area (Å²) in [7, 11) is 0. The third kappa shape index (κ3) is 3.55. The summed E-state index contributed by atoms with van der Waals surface area (Å²) in [6.07, 6.45) is 0. The van der Waals surface area contributed by atoms with Gasteiger partial charge < -0.3 is 4.74 Å². The van der Waals surface area contributed by atoms with Crippen molar-refractivity contribution in [1.82, 2.24) is 0 Å². The van der Waals surface area contributed by atoms with E-state index in [0.717, 1.165) is 5.56 Å². The highest BCUT2D eigenvalue weighted by atomic mass is 16.6. The molecule has 0 atom stereocenters. The van der Waals surface area contributed by atoms with Crippen LogP contribution in [0.5, 0.6) is 5.75 Å². The standard InChI is InChI=1S/C12H15NO4/c1-8(2)11(14)7-17-12-6-10(13(15)16)5-4-9(12)3/h4-6,8H,7H2,1-3H3. The Bertz CT molecular complexity index is 440. The van der Waals surface area contributed by atoms with Gasteiger partial charge in [0.25, 0.3) is 5.69 Å². The second-order valence-electron chi connectivity index (χ2n) is 4.12. The van der Waals surface area contributed by atoms with Crippen LogP contribution in [0.25, 0.3) is 0 Å². The van der Waals surface area contributed by atoms with Crippen molar-refractivity contribution in [1.29, 1.82) is 0 Å². The zero-order chi connectivity index (χ0) is 13.0. The zero-order valence-corrected chi connectivity index (χ0v) is 10.1. The van der Waals surface area contributed by atoms with Gasteiger partial charge in [0, 0.05) is 12.0 Å². The number of ether oxygens (including phenoxy) is 1. The lowest BCUT2D eigenvalue weighted by Gasteiger charge is -2.09. The van der Waals surface area contributed by atoms with Crippen LogP contribution in [-0.2, 0) is 4.79 Å². The average molecular weight is 237 g/mol. The molecular formula is C12H15NO4. The van der Waals surface area contributed by atoms with Crippen molar-refractivity contribution in [2.24, 2.45) is 5.92 Å². The first-order valence-corrected chi connectivity index (χ1v) is 5.32. The molecule has 0 aliphatic heterocycles. The Labute approximate surface area is 99.5 Å². The second-order valence-corrected chi connectivity index (χ2v) is 4.12. The van der Waals surface area contributed by atoms with Crippen LogP contribution in [0.2, 0.25) is 0 Å². The van der Waals surface area contributed by atoms with Crippen molar-refractivity contribution in [2.75, 3.05) is 6.61 Å². The van der Waals surface area contributed by atoms with Gasteiger partial charge in [0.05, 0.1) is 11.0 Å². The summed E-state index contributed by atoms with van der Waals surface area (Å²) in [5, 5.41) is 10.6. The van der Waals surface area contributed by atoms with Crippen LogP contribution >= 0.6 is 0 Å². The highest BCUT2D eigenvalue weighted by Gasteiger charge is 2.12. The molecule has 0 aliphatic carbocycles. The third-order valence-corrected chi connectivity index (χ3v) is 2.40. The molecule has 0 aliphatic rings. The van der Waals surface area contributed by atoms with Crippen molar-refractivity contribution in [2.45, 2.75) is 20.8 Å². The maximum atomic E-state index is 11.4. The molecule has 0 unspecified atom stereocenters. The summed E-state index contributed by atoms with van der Waals surface area (Å²) in [5.74, 6) is 0.248. The molecule has 0 saturated carbocycles. The molecule has 1 aromatic carbocycles. The fourth-order valence-corrected chi connectivity index (χ4v) is 1.17. The van der Waals surface area contributed by atoms with Gasteiger partial charge in [-0.3, -0.25) is 14.9 Å². The molecule has 17 heavy (non-hydrogen) atoms. The van der Waals surface area contributed by atoms with Crippen LogP contribution < -0.4 is 4.74 Å². The number of aryl methyl sites for hydroxylation is 1. The molecule has 1 aromatic rings. The number of carbonyl (C=O) groups excluding carboxylic acids is 1. The first-order valence-electron chi connectivity index (χ1n) is 5.32. The molecule has 92 valence electrons. The van der Waals surface area contributed by atoms with Gasteiger partial charge in [0.2, 0.25) is 0 Å². The van der Waals surface area contributed by atoms with E-state index in [1.807, 2.05) is 0 Å². The van der Waals surface area contributed by atoms with Crippen molar-refractivity contribution < 1.29 is 14.5 Å². The minimum absolute atomic E-state index is 0.0316. The molecule has 0 N–H and O–H groups in total. The number of carbonyl (C=O) groups is 1. The Hall–Kier alpha value is -1.91. The Kier molecular flexibility index (Phi) is 4.20. The van der Waals surface area contributed by atoms with Gasteiger partial charge in [-0.2, -0.15) is 0 Å². The summed E-state index contributed by atoms with van der Waals surface area (Å²) in [4.78, 5) is 21.5. The van der Waals surface area contributed by atoms with Crippen LogP contribution in [0.15, 0.2) is 18.2 Å². The van der Waals surface area contributed by atoms with Gasteiger partial charge in [-0.25, -0.2) is 0 Å². The van der Waals surface area contributed by atoms with Crippen LogP contribution in [0.3, 0.4) is 0 Å². The molecule has 0 radical (unpaired) electrons. The fraction of sp³-hybridized carbons (Fsp3) is 0.417. The Morgan fingerprint density at radius 3 is 2.65 bits per heavy atom. The first kappa shape index (κ1) is 13.2. The molecule has 0 aromatic heterocycles. The lowest BCUT2D eigenvalue weighted by Crippen LogP contribution is -2.17. The van der Waals surface area contributed by atoms with E-state index >= 15 is 0 Å². The Balaban J connectivity index is 2.80. The predicted octanol–water partition coefficient (Wildman–Crippen LogP) is 2.51. The van der Waals surface area contributed by atoms with E-state index < -0.39 is 4.92 Å². The SMILES string of the molecule is Cc1ccc([N+](=O)[O-])cc1OCC(=O)C(C)C. The number of nitro groups is 1. The van der Waals surface area contributed by atoms with E-state index in [1.54, 1.807) is 26.8 Å². The lowest BCUT2D eigenvalue weighted by molar-refractivity contribution is -0.384. The van der Waals surface area contributed by atoms with Crippen LogP contribution in [0, 0.1) is 23.0 Å². The largest absolute Gasteiger partial charge is 0.485 e. The topological polar surface area (TPSA) is 69.4 Å². The maximum absolute atomic E-state index is 11.4. The molecule has 0 heterocycles. The summed E-state index contributed by atoms with van der Waals surface area (Å²) in [6, 6.07) is 4.35. The molecular weight excluding hydrogens is 222 g/mol. The summed E-state index contributed by atoms with van der Waals surface area (Å²) in [5.41, 5.74) is 0.731. The van der Waals surface area contributed by atoms with Crippen molar-refractivity contribution in [3.63, 3.8) is 0 Å². The minimum atomic E-state index is -0.490. The van der Waals surface area contributed by atoms with Crippen molar-refractivity contribution >= 4 is 11.5 Å². The molecule has 0 spiro atoms. The number of non-ortho nitro benzene ring substituents is 1. The van der Waals surface area contributed by atoms with Gasteiger partial charge in [0.15, 0.2) is 5.78 Å². The normalized spacial score (nSPS) is 10.4. The van der Waals surface area contributed by atoms with E-state index in [2.05, 4.69) is 0 Å². The van der Waals surface area contributed by atoms with Gasteiger partial charge in [-0.15, -0.1) is 0 Å². The molecule has 1 rings (SSSR count). The molecule has 5 heteroatoms. The maximum Gasteiger partial charge on any atom is 0.273 e. The van der Waals surface area contributed by atoms with Gasteiger partial charge >= 0.3 is 0 Å². The van der Waals surface area contributed by atoms with Crippen LogP contribution in [0.1, 0.15) is 19.4 Å². The predicted molar refractivity (Wildman–Crippen MR) is 63.2 cm³/mol. The smallest absolute Gasteiger partial charge is 0.273 e. The molecule has 0 saturated heterocycles. The third-order valence-electron chi connectivity index (χ3n) is 2.40. The quantitative estimate of drug-likeness (QED) is 0.582. The highest BCUT2D eigenvalue weighted by molar-refractivity contribution is 5.81. The molecule has 0 amide bonds. The Morgan fingerprint density at radius 1 is 1.47 bits per heavy atom. The van der Waals surface area contributed by atoms with E-state index in [1.165, 1.54) is 12.1 Å². The van der Waals surface area contributed by atoms with Gasteiger partial charge in [-0.1, -0.05) is 13.8 Å².